The van der Waals surface area contributed by atoms with Crippen molar-refractivity contribution >= 4 is 11.6 Å². The van der Waals surface area contributed by atoms with Crippen LogP contribution in [0.25, 0.3) is 0 Å². The smallest absolute Gasteiger partial charge is 0.221 e. The van der Waals surface area contributed by atoms with Crippen LogP contribution in [0, 0.1) is 0 Å². The summed E-state index contributed by atoms with van der Waals surface area (Å²) in [4.78, 5) is 11.0. The Morgan fingerprint density at radius 2 is 0.667 bits per heavy atom. The zero-order valence-electron chi connectivity index (χ0n) is 33.2. The molecule has 1 aromatic rings. The summed E-state index contributed by atoms with van der Waals surface area (Å²) < 4.78 is 71.7. The van der Waals surface area contributed by atoms with Crippen LogP contribution in [0.15, 0.2) is 24.3 Å². The van der Waals surface area contributed by atoms with Crippen LogP contribution in [0.5, 0.6) is 5.75 Å². The molecule has 54 heavy (non-hydrogen) atoms. The van der Waals surface area contributed by atoms with Crippen LogP contribution in [0.3, 0.4) is 0 Å². The Labute approximate surface area is 324 Å². The first-order chi connectivity index (χ1) is 26.7. The summed E-state index contributed by atoms with van der Waals surface area (Å²) in [6.07, 6.45) is 6.26. The molecule has 0 spiro atoms. The van der Waals surface area contributed by atoms with Gasteiger partial charge >= 0.3 is 0 Å². The van der Waals surface area contributed by atoms with Crippen LogP contribution < -0.4 is 10.1 Å². The number of rotatable bonds is 44. The first-order valence-corrected chi connectivity index (χ1v) is 19.7. The van der Waals surface area contributed by atoms with Crippen LogP contribution in [0.1, 0.15) is 46.0 Å². The van der Waals surface area contributed by atoms with Crippen molar-refractivity contribution in [3.63, 3.8) is 0 Å². The van der Waals surface area contributed by atoms with E-state index in [1.54, 1.807) is 24.3 Å². The molecule has 0 saturated carbocycles. The summed E-state index contributed by atoms with van der Waals surface area (Å²) in [6.45, 7) is 16.8. The van der Waals surface area contributed by atoms with E-state index in [0.29, 0.717) is 164 Å². The maximum absolute atomic E-state index is 11.0. The number of ether oxygens (including phenoxy) is 13. The lowest BCUT2D eigenvalue weighted by Crippen LogP contribution is -2.15. The van der Waals surface area contributed by atoms with Crippen LogP contribution in [-0.2, 0) is 61.6 Å². The van der Waals surface area contributed by atoms with Gasteiger partial charge in [-0.05, 0) is 30.7 Å². The van der Waals surface area contributed by atoms with Crippen molar-refractivity contribution in [1.82, 2.24) is 0 Å². The number of carbonyl (C=O) groups excluding carboxylic acids is 1. The predicted octanol–water partition coefficient (Wildman–Crippen LogP) is 4.19. The van der Waals surface area contributed by atoms with Gasteiger partial charge in [-0.1, -0.05) is 32.6 Å². The molecule has 316 valence electrons. The van der Waals surface area contributed by atoms with Gasteiger partial charge in [0.05, 0.1) is 152 Å². The molecule has 0 saturated heterocycles. The van der Waals surface area contributed by atoms with Crippen molar-refractivity contribution in [2.75, 3.05) is 170 Å². The number of hydrogen-bond acceptors (Lipinski definition) is 14. The topological polar surface area (TPSA) is 149 Å². The quantitative estimate of drug-likeness (QED) is 0.0944. The summed E-state index contributed by atoms with van der Waals surface area (Å²) in [6, 6.07) is 7.18. The zero-order chi connectivity index (χ0) is 38.7. The van der Waals surface area contributed by atoms with Gasteiger partial charge in [0.1, 0.15) is 12.4 Å². The van der Waals surface area contributed by atoms with E-state index in [4.69, 9.17) is 61.6 Å². The van der Waals surface area contributed by atoms with Crippen molar-refractivity contribution in [3.8, 4) is 5.75 Å². The molecule has 0 aromatic heterocycles. The second kappa shape index (κ2) is 42.2. The number of hydrogen-bond donors (Lipinski definition) is 1. The van der Waals surface area contributed by atoms with Crippen LogP contribution >= 0.6 is 0 Å². The fourth-order valence-corrected chi connectivity index (χ4v) is 4.38. The van der Waals surface area contributed by atoms with Crippen LogP contribution in [0.2, 0.25) is 0 Å². The highest BCUT2D eigenvalue weighted by molar-refractivity contribution is 5.88. The molecule has 0 radical (unpaired) electrons. The SMILES string of the molecule is CCCCCCCOCCOCCOCCOCCOCCOCCOCCOCCOCCOCCOCCOCCOc1ccc(NC(C)=O)cc1. The van der Waals surface area contributed by atoms with Crippen molar-refractivity contribution in [2.45, 2.75) is 46.0 Å². The molecule has 15 nitrogen and oxygen atoms in total. The molecule has 0 heterocycles. The number of benzene rings is 1. The molecule has 0 aliphatic carbocycles. The standard InChI is InChI=1S/C39H71NO14/c1-3-4-5-6-7-12-42-13-14-43-15-16-44-17-18-45-19-20-46-21-22-47-23-24-48-25-26-49-27-28-50-29-30-51-31-32-52-33-34-53-35-36-54-39-10-8-38(9-11-39)40-37(2)41/h8-11H,3-7,12-36H2,1-2H3,(H,40,41). The molecule has 0 bridgehead atoms. The largest absolute Gasteiger partial charge is 0.491 e. The monoisotopic (exact) mass is 777 g/mol. The lowest BCUT2D eigenvalue weighted by atomic mass is 10.2. The summed E-state index contributed by atoms with van der Waals surface area (Å²) in [7, 11) is 0. The van der Waals surface area contributed by atoms with E-state index >= 15 is 0 Å². The van der Waals surface area contributed by atoms with Gasteiger partial charge in [0, 0.05) is 19.2 Å². The first-order valence-electron chi connectivity index (χ1n) is 19.7. The average molecular weight is 778 g/mol. The fraction of sp³-hybridized carbons (Fsp3) is 0.821. The lowest BCUT2D eigenvalue weighted by molar-refractivity contribution is -0.114. The molecule has 0 unspecified atom stereocenters. The van der Waals surface area contributed by atoms with E-state index in [2.05, 4.69) is 12.2 Å². The normalized spacial score (nSPS) is 11.4. The third-order valence-electron chi connectivity index (χ3n) is 7.16. The van der Waals surface area contributed by atoms with Gasteiger partial charge in [0.2, 0.25) is 5.91 Å². The maximum atomic E-state index is 11.0. The Hall–Kier alpha value is -1.99. The highest BCUT2D eigenvalue weighted by Gasteiger charge is 1.99. The molecule has 1 rings (SSSR count). The van der Waals surface area contributed by atoms with Crippen LogP contribution in [0.4, 0.5) is 5.69 Å². The maximum Gasteiger partial charge on any atom is 0.221 e. The van der Waals surface area contributed by atoms with E-state index in [1.807, 2.05) is 0 Å². The Kier molecular flexibility index (Phi) is 39.1. The van der Waals surface area contributed by atoms with Gasteiger partial charge < -0.3 is 66.9 Å². The minimum atomic E-state index is -0.108. The van der Waals surface area contributed by atoms with E-state index < -0.39 is 0 Å². The van der Waals surface area contributed by atoms with Gasteiger partial charge in [0.15, 0.2) is 0 Å². The van der Waals surface area contributed by atoms with E-state index in [1.165, 1.54) is 32.6 Å². The highest BCUT2D eigenvalue weighted by atomic mass is 16.6. The molecule has 15 heteroatoms. The molecular weight excluding hydrogens is 706 g/mol. The summed E-state index contributed by atoms with van der Waals surface area (Å²) >= 11 is 0. The van der Waals surface area contributed by atoms with Crippen LogP contribution in [-0.4, -0.2) is 171 Å². The Morgan fingerprint density at radius 1 is 0.389 bits per heavy atom. The van der Waals surface area contributed by atoms with Gasteiger partial charge in [-0.2, -0.15) is 0 Å². The van der Waals surface area contributed by atoms with Gasteiger partial charge in [0.25, 0.3) is 0 Å². The molecule has 0 aliphatic heterocycles. The first kappa shape index (κ1) is 50.0. The molecule has 1 amide bonds. The number of carbonyl (C=O) groups is 1. The van der Waals surface area contributed by atoms with E-state index in [0.717, 1.165) is 18.7 Å². The van der Waals surface area contributed by atoms with Crippen molar-refractivity contribution in [2.24, 2.45) is 0 Å². The Morgan fingerprint density at radius 3 is 0.963 bits per heavy atom. The van der Waals surface area contributed by atoms with Gasteiger partial charge in [-0.15, -0.1) is 0 Å². The molecule has 1 aromatic carbocycles. The molecule has 1 N–H and O–H groups in total. The van der Waals surface area contributed by atoms with Crippen molar-refractivity contribution < 1.29 is 66.4 Å². The second-order valence-electron chi connectivity index (χ2n) is 11.8. The zero-order valence-corrected chi connectivity index (χ0v) is 33.2. The van der Waals surface area contributed by atoms with Gasteiger partial charge in [-0.3, -0.25) is 4.79 Å². The Bertz CT molecular complexity index is 899. The predicted molar refractivity (Wildman–Crippen MR) is 205 cm³/mol. The number of unbranched alkanes of at least 4 members (excludes halogenated alkanes) is 4. The third-order valence-corrected chi connectivity index (χ3v) is 7.16. The average Bonchev–Trinajstić information content (AvgIpc) is 3.17. The lowest BCUT2D eigenvalue weighted by Gasteiger charge is -2.09. The summed E-state index contributed by atoms with van der Waals surface area (Å²) in [5.41, 5.74) is 0.731. The molecule has 0 fully saturated rings. The second-order valence-corrected chi connectivity index (χ2v) is 11.8. The highest BCUT2D eigenvalue weighted by Crippen LogP contribution is 2.15. The summed E-state index contributed by atoms with van der Waals surface area (Å²) in [5.74, 6) is 0.608. The fourth-order valence-electron chi connectivity index (χ4n) is 4.38. The number of anilines is 1. The van der Waals surface area contributed by atoms with E-state index in [-0.39, 0.29) is 5.91 Å². The molecular formula is C39H71NO14. The molecule has 0 aliphatic rings. The van der Waals surface area contributed by atoms with E-state index in [9.17, 15) is 4.79 Å². The number of nitrogens with one attached hydrogen (secondary N) is 1. The Balaban J connectivity index is 1.63. The minimum absolute atomic E-state index is 0.108. The molecule has 0 atom stereocenters. The van der Waals surface area contributed by atoms with Crippen molar-refractivity contribution in [1.29, 1.82) is 0 Å². The summed E-state index contributed by atoms with van der Waals surface area (Å²) in [5, 5.41) is 2.71. The minimum Gasteiger partial charge on any atom is -0.491 e. The van der Waals surface area contributed by atoms with Crippen molar-refractivity contribution in [3.05, 3.63) is 24.3 Å². The third kappa shape index (κ3) is 38.3. The van der Waals surface area contributed by atoms with Gasteiger partial charge in [-0.25, -0.2) is 0 Å². The number of amides is 1.